The molecule has 0 aliphatic heterocycles. The molecule has 1 heterocycles. The molecule has 0 fully saturated rings. The minimum absolute atomic E-state index is 0.236. The first-order chi connectivity index (χ1) is 9.01. The van der Waals surface area contributed by atoms with E-state index < -0.39 is 5.82 Å². The Morgan fingerprint density at radius 3 is 2.68 bits per heavy atom. The Morgan fingerprint density at radius 1 is 1.32 bits per heavy atom. The molecular weight excluding hydrogens is 245 g/mol. The van der Waals surface area contributed by atoms with Crippen LogP contribution in [0, 0.1) is 31.0 Å². The number of nitrogens with zero attached hydrogens (tertiary/aromatic N) is 3. The topological polar surface area (TPSA) is 87.6 Å². The van der Waals surface area contributed by atoms with Gasteiger partial charge < -0.3 is 11.1 Å². The number of anilines is 3. The molecule has 0 bridgehead atoms. The SMILES string of the molecule is Cc1nc(N)c(C)c(Nc2ccc(C#N)cc2F)n1. The first kappa shape index (κ1) is 12.8. The molecular formula is C13H12FN5. The summed E-state index contributed by atoms with van der Waals surface area (Å²) < 4.78 is 13.8. The van der Waals surface area contributed by atoms with Gasteiger partial charge in [0.25, 0.3) is 0 Å². The third kappa shape index (κ3) is 2.60. The molecule has 0 spiro atoms. The number of nitriles is 1. The second kappa shape index (κ2) is 4.90. The summed E-state index contributed by atoms with van der Waals surface area (Å²) in [6, 6.07) is 6.05. The van der Waals surface area contributed by atoms with Gasteiger partial charge in [0, 0.05) is 5.56 Å². The Bertz CT molecular complexity index is 675. The van der Waals surface area contributed by atoms with Gasteiger partial charge in [-0.1, -0.05) is 0 Å². The van der Waals surface area contributed by atoms with Crippen LogP contribution < -0.4 is 11.1 Å². The van der Waals surface area contributed by atoms with Crippen molar-refractivity contribution >= 4 is 17.3 Å². The van der Waals surface area contributed by atoms with Crippen molar-refractivity contribution in [2.45, 2.75) is 13.8 Å². The van der Waals surface area contributed by atoms with Gasteiger partial charge in [0.05, 0.1) is 17.3 Å². The predicted molar refractivity (Wildman–Crippen MR) is 70.3 cm³/mol. The van der Waals surface area contributed by atoms with Crippen molar-refractivity contribution in [2.75, 3.05) is 11.1 Å². The van der Waals surface area contributed by atoms with Crippen molar-refractivity contribution in [3.8, 4) is 6.07 Å². The van der Waals surface area contributed by atoms with Crippen LogP contribution in [-0.4, -0.2) is 9.97 Å². The molecule has 0 amide bonds. The molecule has 96 valence electrons. The Morgan fingerprint density at radius 2 is 2.05 bits per heavy atom. The smallest absolute Gasteiger partial charge is 0.147 e. The molecule has 0 radical (unpaired) electrons. The standard InChI is InChI=1S/C13H12FN5/c1-7-12(16)17-8(2)18-13(7)19-11-4-3-9(6-15)5-10(11)14/h3-5H,1-2H3,(H3,16,17,18,19). The summed E-state index contributed by atoms with van der Waals surface area (Å²) in [6.07, 6.45) is 0. The van der Waals surface area contributed by atoms with Crippen molar-refractivity contribution in [3.05, 3.63) is 41.0 Å². The highest BCUT2D eigenvalue weighted by Gasteiger charge is 2.09. The van der Waals surface area contributed by atoms with E-state index in [1.807, 2.05) is 6.07 Å². The normalized spacial score (nSPS) is 10.0. The highest BCUT2D eigenvalue weighted by Crippen LogP contribution is 2.24. The van der Waals surface area contributed by atoms with Crippen molar-refractivity contribution in [1.82, 2.24) is 9.97 Å². The van der Waals surface area contributed by atoms with Crippen LogP contribution in [0.25, 0.3) is 0 Å². The monoisotopic (exact) mass is 257 g/mol. The maximum absolute atomic E-state index is 13.8. The Kier molecular flexibility index (Phi) is 3.29. The highest BCUT2D eigenvalue weighted by atomic mass is 19.1. The van der Waals surface area contributed by atoms with Gasteiger partial charge >= 0.3 is 0 Å². The number of rotatable bonds is 2. The molecule has 1 aromatic carbocycles. The lowest BCUT2D eigenvalue weighted by molar-refractivity contribution is 0.631. The number of nitrogen functional groups attached to an aromatic ring is 1. The molecule has 2 aromatic rings. The number of benzene rings is 1. The van der Waals surface area contributed by atoms with Gasteiger partial charge in [0.15, 0.2) is 0 Å². The lowest BCUT2D eigenvalue weighted by Crippen LogP contribution is -2.05. The van der Waals surface area contributed by atoms with E-state index >= 15 is 0 Å². The van der Waals surface area contributed by atoms with Crippen molar-refractivity contribution in [1.29, 1.82) is 5.26 Å². The summed E-state index contributed by atoms with van der Waals surface area (Å²) in [5.41, 5.74) is 6.88. The molecule has 19 heavy (non-hydrogen) atoms. The van der Waals surface area contributed by atoms with Gasteiger partial charge in [-0.05, 0) is 32.0 Å². The number of hydrogen-bond acceptors (Lipinski definition) is 5. The van der Waals surface area contributed by atoms with Gasteiger partial charge in [-0.2, -0.15) is 5.26 Å². The highest BCUT2D eigenvalue weighted by molar-refractivity contribution is 5.64. The minimum Gasteiger partial charge on any atom is -0.383 e. The van der Waals surface area contributed by atoms with Gasteiger partial charge in [-0.3, -0.25) is 0 Å². The van der Waals surface area contributed by atoms with Crippen LogP contribution >= 0.6 is 0 Å². The second-order valence-corrected chi connectivity index (χ2v) is 4.06. The van der Waals surface area contributed by atoms with Crippen molar-refractivity contribution in [2.24, 2.45) is 0 Å². The number of aromatic nitrogens is 2. The van der Waals surface area contributed by atoms with Crippen LogP contribution in [-0.2, 0) is 0 Å². The lowest BCUT2D eigenvalue weighted by Gasteiger charge is -2.11. The van der Waals surface area contributed by atoms with E-state index in [4.69, 9.17) is 11.0 Å². The van der Waals surface area contributed by atoms with E-state index in [1.165, 1.54) is 12.1 Å². The summed E-state index contributed by atoms with van der Waals surface area (Å²) in [7, 11) is 0. The van der Waals surface area contributed by atoms with Crippen LogP contribution in [0.3, 0.4) is 0 Å². The molecule has 1 aromatic heterocycles. The summed E-state index contributed by atoms with van der Waals surface area (Å²) in [6.45, 7) is 3.45. The molecule has 0 saturated heterocycles. The maximum atomic E-state index is 13.8. The van der Waals surface area contributed by atoms with Crippen LogP contribution in [0.2, 0.25) is 0 Å². The molecule has 0 saturated carbocycles. The van der Waals surface area contributed by atoms with Crippen LogP contribution in [0.1, 0.15) is 17.0 Å². The number of aryl methyl sites for hydroxylation is 1. The van der Waals surface area contributed by atoms with Gasteiger partial charge in [-0.15, -0.1) is 0 Å². The third-order valence-corrected chi connectivity index (χ3v) is 2.65. The quantitative estimate of drug-likeness (QED) is 0.862. The minimum atomic E-state index is -0.520. The maximum Gasteiger partial charge on any atom is 0.147 e. The summed E-state index contributed by atoms with van der Waals surface area (Å²) in [5.74, 6) is 0.783. The van der Waals surface area contributed by atoms with E-state index in [-0.39, 0.29) is 11.3 Å². The fraction of sp³-hybridized carbons (Fsp3) is 0.154. The number of nitrogens with two attached hydrogens (primary N) is 1. The molecule has 5 nitrogen and oxygen atoms in total. The molecule has 0 atom stereocenters. The van der Waals surface area contributed by atoms with Crippen LogP contribution in [0.4, 0.5) is 21.7 Å². The first-order valence-electron chi connectivity index (χ1n) is 5.58. The van der Waals surface area contributed by atoms with E-state index in [0.717, 1.165) is 6.07 Å². The van der Waals surface area contributed by atoms with E-state index in [0.29, 0.717) is 23.0 Å². The Labute approximate surface area is 109 Å². The first-order valence-corrected chi connectivity index (χ1v) is 5.58. The molecule has 0 aliphatic rings. The van der Waals surface area contributed by atoms with Crippen molar-refractivity contribution < 1.29 is 4.39 Å². The van der Waals surface area contributed by atoms with Crippen LogP contribution in [0.15, 0.2) is 18.2 Å². The predicted octanol–water partition coefficient (Wildman–Crippen LogP) is 2.43. The zero-order chi connectivity index (χ0) is 14.0. The number of nitrogens with one attached hydrogen (secondary N) is 1. The van der Waals surface area contributed by atoms with Crippen LogP contribution in [0.5, 0.6) is 0 Å². The Hall–Kier alpha value is -2.68. The third-order valence-electron chi connectivity index (χ3n) is 2.65. The largest absolute Gasteiger partial charge is 0.383 e. The number of halogens is 1. The van der Waals surface area contributed by atoms with Gasteiger partial charge in [0.2, 0.25) is 0 Å². The molecule has 0 aliphatic carbocycles. The molecule has 3 N–H and O–H groups in total. The lowest BCUT2D eigenvalue weighted by atomic mass is 10.2. The zero-order valence-electron chi connectivity index (χ0n) is 10.5. The summed E-state index contributed by atoms with van der Waals surface area (Å²) >= 11 is 0. The summed E-state index contributed by atoms with van der Waals surface area (Å²) in [4.78, 5) is 8.19. The average molecular weight is 257 g/mol. The number of hydrogen-bond donors (Lipinski definition) is 2. The van der Waals surface area contributed by atoms with E-state index in [1.54, 1.807) is 13.8 Å². The van der Waals surface area contributed by atoms with Gasteiger partial charge in [0.1, 0.15) is 23.3 Å². The fourth-order valence-corrected chi connectivity index (χ4v) is 1.59. The van der Waals surface area contributed by atoms with Gasteiger partial charge in [-0.25, -0.2) is 14.4 Å². The summed E-state index contributed by atoms with van der Waals surface area (Å²) in [5, 5.41) is 11.5. The van der Waals surface area contributed by atoms with Crippen molar-refractivity contribution in [3.63, 3.8) is 0 Å². The zero-order valence-corrected chi connectivity index (χ0v) is 10.5. The average Bonchev–Trinajstić information content (AvgIpc) is 2.37. The fourth-order valence-electron chi connectivity index (χ4n) is 1.59. The Balaban J connectivity index is 2.39. The van der Waals surface area contributed by atoms with E-state index in [9.17, 15) is 4.39 Å². The van der Waals surface area contributed by atoms with E-state index in [2.05, 4.69) is 15.3 Å². The molecule has 0 unspecified atom stereocenters. The molecule has 6 heteroatoms. The second-order valence-electron chi connectivity index (χ2n) is 4.06. The molecule has 2 rings (SSSR count).